The van der Waals surface area contributed by atoms with Crippen LogP contribution < -0.4 is 11.1 Å². The zero-order valence-corrected chi connectivity index (χ0v) is 8.38. The van der Waals surface area contributed by atoms with Crippen LogP contribution in [0.15, 0.2) is 35.1 Å². The molecule has 0 aliphatic heterocycles. The van der Waals surface area contributed by atoms with E-state index in [2.05, 4.69) is 15.5 Å². The van der Waals surface area contributed by atoms with E-state index in [1.54, 1.807) is 18.6 Å². The maximum Gasteiger partial charge on any atom is 0.272 e. The van der Waals surface area contributed by atoms with Crippen molar-refractivity contribution in [3.63, 3.8) is 0 Å². The van der Waals surface area contributed by atoms with Crippen molar-refractivity contribution in [2.75, 3.05) is 5.73 Å². The van der Waals surface area contributed by atoms with Crippen LogP contribution in [0.4, 0.5) is 5.82 Å². The normalized spacial score (nSPS) is 10.0. The zero-order chi connectivity index (χ0) is 11.4. The van der Waals surface area contributed by atoms with Crippen molar-refractivity contribution >= 4 is 11.7 Å². The minimum atomic E-state index is -0.297. The van der Waals surface area contributed by atoms with Gasteiger partial charge in [0, 0.05) is 12.1 Å². The molecule has 1 amide bonds. The lowest BCUT2D eigenvalue weighted by Crippen LogP contribution is -2.23. The number of nitrogens with one attached hydrogen (secondary N) is 1. The molecule has 16 heavy (non-hydrogen) atoms. The number of nitrogens with zero attached hydrogens (tertiary/aromatic N) is 2. The Labute approximate surface area is 91.5 Å². The standard InChI is InChI=1S/C10H10N4O2/c11-9-2-1-8(13-14-9)10(15)12-5-7-3-4-16-6-7/h1-4,6H,5H2,(H2,11,14)(H,12,15). The maximum absolute atomic E-state index is 11.6. The van der Waals surface area contributed by atoms with Gasteiger partial charge in [0.05, 0.1) is 12.5 Å². The van der Waals surface area contributed by atoms with Gasteiger partial charge in [-0.05, 0) is 18.2 Å². The van der Waals surface area contributed by atoms with Gasteiger partial charge in [-0.3, -0.25) is 4.79 Å². The summed E-state index contributed by atoms with van der Waals surface area (Å²) in [5.74, 6) is -0.0138. The van der Waals surface area contributed by atoms with E-state index in [-0.39, 0.29) is 17.4 Å². The molecule has 0 saturated carbocycles. The number of nitrogens with two attached hydrogens (primary N) is 1. The van der Waals surface area contributed by atoms with E-state index < -0.39 is 0 Å². The van der Waals surface area contributed by atoms with Gasteiger partial charge in [-0.1, -0.05) is 0 Å². The van der Waals surface area contributed by atoms with Gasteiger partial charge < -0.3 is 15.5 Å². The molecule has 0 spiro atoms. The molecule has 2 heterocycles. The number of anilines is 1. The molecule has 0 unspecified atom stereocenters. The Kier molecular flexibility index (Phi) is 2.81. The van der Waals surface area contributed by atoms with Gasteiger partial charge in [0.1, 0.15) is 5.82 Å². The second-order valence-corrected chi connectivity index (χ2v) is 3.16. The highest BCUT2D eigenvalue weighted by Crippen LogP contribution is 2.01. The zero-order valence-electron chi connectivity index (χ0n) is 8.38. The van der Waals surface area contributed by atoms with E-state index in [1.807, 2.05) is 0 Å². The van der Waals surface area contributed by atoms with Crippen molar-refractivity contribution in [1.82, 2.24) is 15.5 Å². The van der Waals surface area contributed by atoms with Gasteiger partial charge in [0.25, 0.3) is 5.91 Å². The third-order valence-electron chi connectivity index (χ3n) is 1.95. The topological polar surface area (TPSA) is 94.0 Å². The fourth-order valence-corrected chi connectivity index (χ4v) is 1.13. The predicted octanol–water partition coefficient (Wildman–Crippen LogP) is 0.582. The molecule has 0 bridgehead atoms. The molecular weight excluding hydrogens is 208 g/mol. The summed E-state index contributed by atoms with van der Waals surface area (Å²) in [6, 6.07) is 4.82. The first-order valence-corrected chi connectivity index (χ1v) is 4.64. The molecule has 2 aromatic heterocycles. The number of furan rings is 1. The Balaban J connectivity index is 1.95. The van der Waals surface area contributed by atoms with Crippen molar-refractivity contribution in [2.45, 2.75) is 6.54 Å². The summed E-state index contributed by atoms with van der Waals surface area (Å²) in [6.07, 6.45) is 3.11. The van der Waals surface area contributed by atoms with Crippen LogP contribution in [0.3, 0.4) is 0 Å². The second-order valence-electron chi connectivity index (χ2n) is 3.16. The van der Waals surface area contributed by atoms with Crippen LogP contribution >= 0.6 is 0 Å². The molecule has 0 radical (unpaired) electrons. The average molecular weight is 218 g/mol. The number of hydrogen-bond donors (Lipinski definition) is 2. The lowest BCUT2D eigenvalue weighted by molar-refractivity contribution is 0.0945. The molecule has 6 heteroatoms. The Morgan fingerprint density at radius 3 is 2.88 bits per heavy atom. The Morgan fingerprint density at radius 2 is 2.25 bits per heavy atom. The van der Waals surface area contributed by atoms with Crippen LogP contribution in [-0.2, 0) is 6.54 Å². The van der Waals surface area contributed by atoms with Crippen molar-refractivity contribution < 1.29 is 9.21 Å². The maximum atomic E-state index is 11.6. The first kappa shape index (κ1) is 10.2. The minimum Gasteiger partial charge on any atom is -0.472 e. The fraction of sp³-hybridized carbons (Fsp3) is 0.100. The summed E-state index contributed by atoms with van der Waals surface area (Å²) in [6.45, 7) is 0.390. The minimum absolute atomic E-state index is 0.234. The summed E-state index contributed by atoms with van der Waals surface area (Å²) in [7, 11) is 0. The summed E-state index contributed by atoms with van der Waals surface area (Å²) >= 11 is 0. The van der Waals surface area contributed by atoms with Crippen LogP contribution in [-0.4, -0.2) is 16.1 Å². The molecule has 0 saturated heterocycles. The van der Waals surface area contributed by atoms with E-state index in [0.717, 1.165) is 5.56 Å². The average Bonchev–Trinajstić information content (AvgIpc) is 2.80. The quantitative estimate of drug-likeness (QED) is 0.785. The molecule has 3 N–H and O–H groups in total. The van der Waals surface area contributed by atoms with Crippen LogP contribution in [0.1, 0.15) is 16.1 Å². The van der Waals surface area contributed by atoms with E-state index in [1.165, 1.54) is 12.1 Å². The summed E-state index contributed by atoms with van der Waals surface area (Å²) in [4.78, 5) is 11.6. The first-order valence-electron chi connectivity index (χ1n) is 4.64. The molecule has 6 nitrogen and oxygen atoms in total. The van der Waals surface area contributed by atoms with Crippen molar-refractivity contribution in [2.24, 2.45) is 0 Å². The summed E-state index contributed by atoms with van der Waals surface area (Å²) in [5, 5.41) is 9.94. The fourth-order valence-electron chi connectivity index (χ4n) is 1.13. The van der Waals surface area contributed by atoms with Crippen molar-refractivity contribution in [3.05, 3.63) is 42.0 Å². The molecule has 0 aliphatic carbocycles. The van der Waals surface area contributed by atoms with E-state index in [0.29, 0.717) is 6.54 Å². The van der Waals surface area contributed by atoms with Gasteiger partial charge in [0.2, 0.25) is 0 Å². The number of rotatable bonds is 3. The van der Waals surface area contributed by atoms with E-state index >= 15 is 0 Å². The molecule has 0 aliphatic rings. The number of carbonyl (C=O) groups excluding carboxylic acids is 1. The molecule has 0 fully saturated rings. The summed E-state index contributed by atoms with van der Waals surface area (Å²) < 4.78 is 4.87. The highest BCUT2D eigenvalue weighted by molar-refractivity contribution is 5.92. The van der Waals surface area contributed by atoms with Gasteiger partial charge in [-0.2, -0.15) is 0 Å². The lowest BCUT2D eigenvalue weighted by Gasteiger charge is -2.01. The Hall–Kier alpha value is -2.37. The highest BCUT2D eigenvalue weighted by Gasteiger charge is 2.07. The summed E-state index contributed by atoms with van der Waals surface area (Å²) in [5.41, 5.74) is 6.48. The van der Waals surface area contributed by atoms with Crippen molar-refractivity contribution in [3.8, 4) is 0 Å². The molecule has 0 atom stereocenters. The number of amides is 1. The van der Waals surface area contributed by atoms with Gasteiger partial charge >= 0.3 is 0 Å². The smallest absolute Gasteiger partial charge is 0.272 e. The molecule has 2 aromatic rings. The molecule has 0 aromatic carbocycles. The van der Waals surface area contributed by atoms with Crippen LogP contribution in [0.2, 0.25) is 0 Å². The van der Waals surface area contributed by atoms with Crippen LogP contribution in [0.5, 0.6) is 0 Å². The van der Waals surface area contributed by atoms with Gasteiger partial charge in [-0.15, -0.1) is 10.2 Å². The Morgan fingerprint density at radius 1 is 1.38 bits per heavy atom. The number of hydrogen-bond acceptors (Lipinski definition) is 5. The van der Waals surface area contributed by atoms with E-state index in [9.17, 15) is 4.79 Å². The molecule has 2 rings (SSSR count). The predicted molar refractivity (Wildman–Crippen MR) is 56.3 cm³/mol. The number of nitrogen functional groups attached to an aromatic ring is 1. The monoisotopic (exact) mass is 218 g/mol. The highest BCUT2D eigenvalue weighted by atomic mass is 16.3. The van der Waals surface area contributed by atoms with Crippen LogP contribution in [0, 0.1) is 0 Å². The molecule has 82 valence electrons. The largest absolute Gasteiger partial charge is 0.472 e. The first-order chi connectivity index (χ1) is 7.75. The van der Waals surface area contributed by atoms with E-state index in [4.69, 9.17) is 10.2 Å². The third kappa shape index (κ3) is 2.35. The third-order valence-corrected chi connectivity index (χ3v) is 1.95. The number of aromatic nitrogens is 2. The SMILES string of the molecule is Nc1ccc(C(=O)NCc2ccoc2)nn1. The van der Waals surface area contributed by atoms with Gasteiger partial charge in [0.15, 0.2) is 5.69 Å². The van der Waals surface area contributed by atoms with Crippen molar-refractivity contribution in [1.29, 1.82) is 0 Å². The Bertz CT molecular complexity index is 464. The van der Waals surface area contributed by atoms with Crippen LogP contribution in [0.25, 0.3) is 0 Å². The van der Waals surface area contributed by atoms with Gasteiger partial charge in [-0.25, -0.2) is 0 Å². The molecular formula is C10H10N4O2. The lowest BCUT2D eigenvalue weighted by atomic mass is 10.3. The second kappa shape index (κ2) is 4.43. The number of carbonyl (C=O) groups is 1.